The molecule has 0 fully saturated rings. The number of hydrogen-bond acceptors (Lipinski definition) is 3. The molecule has 0 atom stereocenters. The van der Waals surface area contributed by atoms with Gasteiger partial charge in [0.1, 0.15) is 0 Å². The van der Waals surface area contributed by atoms with Crippen molar-refractivity contribution in [3.63, 3.8) is 0 Å². The first-order chi connectivity index (χ1) is 7.22. The quantitative estimate of drug-likeness (QED) is 0.366. The van der Waals surface area contributed by atoms with Crippen LogP contribution in [0.1, 0.15) is 26.3 Å². The van der Waals surface area contributed by atoms with Crippen LogP contribution in [0.5, 0.6) is 0 Å². The molecule has 1 aromatic carbocycles. The molecule has 1 aliphatic heterocycles. The molecular weight excluding hydrogens is 194 g/mol. The van der Waals surface area contributed by atoms with Crippen LogP contribution < -0.4 is 5.32 Å². The molecular formula is C11H5NO3. The van der Waals surface area contributed by atoms with Gasteiger partial charge in [0.15, 0.2) is 6.29 Å². The normalized spacial score (nSPS) is 12.5. The van der Waals surface area contributed by atoms with Gasteiger partial charge in [0.2, 0.25) is 0 Å². The first-order valence-corrected chi connectivity index (χ1v) is 4.17. The Balaban J connectivity index is 2.51. The Hall–Kier alpha value is -2.41. The van der Waals surface area contributed by atoms with Crippen LogP contribution in [0.4, 0.5) is 0 Å². The van der Waals surface area contributed by atoms with Crippen molar-refractivity contribution in [2.45, 2.75) is 0 Å². The van der Waals surface area contributed by atoms with Crippen LogP contribution in [0.15, 0.2) is 18.2 Å². The number of hydrogen-bond donors (Lipinski definition) is 1. The zero-order chi connectivity index (χ0) is 10.8. The van der Waals surface area contributed by atoms with Crippen molar-refractivity contribution in [3.05, 3.63) is 34.9 Å². The van der Waals surface area contributed by atoms with Crippen LogP contribution in [-0.4, -0.2) is 18.1 Å². The highest BCUT2D eigenvalue weighted by atomic mass is 16.2. The van der Waals surface area contributed by atoms with Gasteiger partial charge in [-0.05, 0) is 24.1 Å². The average molecular weight is 199 g/mol. The fourth-order valence-corrected chi connectivity index (χ4v) is 1.36. The van der Waals surface area contributed by atoms with Crippen molar-refractivity contribution in [2.24, 2.45) is 0 Å². The molecule has 72 valence electrons. The SMILES string of the molecule is O=CC#Cc1ccc2c(c1)C(=O)NC2=O. The zero-order valence-electron chi connectivity index (χ0n) is 7.53. The number of amides is 2. The van der Waals surface area contributed by atoms with E-state index in [1.54, 1.807) is 6.07 Å². The van der Waals surface area contributed by atoms with E-state index in [1.807, 2.05) is 0 Å². The second-order valence-corrected chi connectivity index (χ2v) is 2.93. The number of benzene rings is 1. The third kappa shape index (κ3) is 1.51. The largest absolute Gasteiger partial charge is 0.289 e. The van der Waals surface area contributed by atoms with Crippen LogP contribution in [0, 0.1) is 11.8 Å². The van der Waals surface area contributed by atoms with Gasteiger partial charge in [0, 0.05) is 5.56 Å². The van der Waals surface area contributed by atoms with Gasteiger partial charge in [0.05, 0.1) is 11.1 Å². The fraction of sp³-hybridized carbons (Fsp3) is 0. The Morgan fingerprint density at radius 2 is 1.87 bits per heavy atom. The predicted molar refractivity (Wildman–Crippen MR) is 51.2 cm³/mol. The molecule has 0 radical (unpaired) electrons. The van der Waals surface area contributed by atoms with Crippen LogP contribution >= 0.6 is 0 Å². The molecule has 0 aliphatic carbocycles. The van der Waals surface area contributed by atoms with Gasteiger partial charge in [-0.3, -0.25) is 19.7 Å². The minimum absolute atomic E-state index is 0.303. The predicted octanol–water partition coefficient (Wildman–Crippen LogP) is 0.121. The molecule has 2 amide bonds. The molecule has 1 aliphatic rings. The third-order valence-corrected chi connectivity index (χ3v) is 2.01. The summed E-state index contributed by atoms with van der Waals surface area (Å²) in [5, 5.41) is 2.17. The van der Waals surface area contributed by atoms with E-state index in [1.165, 1.54) is 12.1 Å². The van der Waals surface area contributed by atoms with Crippen LogP contribution in [0.25, 0.3) is 0 Å². The number of imide groups is 1. The minimum atomic E-state index is -0.426. The third-order valence-electron chi connectivity index (χ3n) is 2.01. The Bertz CT molecular complexity index is 534. The summed E-state index contributed by atoms with van der Waals surface area (Å²) in [4.78, 5) is 32.5. The Labute approximate surface area is 85.3 Å². The standard InChI is InChI=1S/C11H5NO3/c13-5-1-2-7-3-4-8-9(6-7)11(15)12-10(8)14/h3-6H,(H,12,14,15). The lowest BCUT2D eigenvalue weighted by Crippen LogP contribution is -2.19. The van der Waals surface area contributed by atoms with E-state index in [0.29, 0.717) is 23.0 Å². The molecule has 0 spiro atoms. The van der Waals surface area contributed by atoms with Crippen molar-refractivity contribution in [1.29, 1.82) is 0 Å². The first-order valence-electron chi connectivity index (χ1n) is 4.17. The second kappa shape index (κ2) is 3.39. The Morgan fingerprint density at radius 3 is 2.60 bits per heavy atom. The highest BCUT2D eigenvalue weighted by Crippen LogP contribution is 2.16. The van der Waals surface area contributed by atoms with E-state index >= 15 is 0 Å². The lowest BCUT2D eigenvalue weighted by Gasteiger charge is -1.94. The van der Waals surface area contributed by atoms with Gasteiger partial charge in [-0.15, -0.1) is 0 Å². The number of carbonyl (C=O) groups is 3. The molecule has 0 saturated carbocycles. The van der Waals surface area contributed by atoms with E-state index in [0.717, 1.165) is 0 Å². The monoisotopic (exact) mass is 199 g/mol. The summed E-state index contributed by atoms with van der Waals surface area (Å²) in [6, 6.07) is 4.60. The van der Waals surface area contributed by atoms with Crippen molar-refractivity contribution in [1.82, 2.24) is 5.32 Å². The van der Waals surface area contributed by atoms with Gasteiger partial charge in [0.25, 0.3) is 11.8 Å². The van der Waals surface area contributed by atoms with E-state index in [2.05, 4.69) is 17.2 Å². The second-order valence-electron chi connectivity index (χ2n) is 2.93. The molecule has 0 aromatic heterocycles. The maximum absolute atomic E-state index is 11.3. The fourth-order valence-electron chi connectivity index (χ4n) is 1.36. The Kier molecular flexibility index (Phi) is 2.07. The number of aldehydes is 1. The molecule has 2 rings (SSSR count). The first kappa shape index (κ1) is 9.16. The van der Waals surface area contributed by atoms with Crippen LogP contribution in [-0.2, 0) is 4.79 Å². The van der Waals surface area contributed by atoms with Crippen LogP contribution in [0.2, 0.25) is 0 Å². The lowest BCUT2D eigenvalue weighted by molar-refractivity contribution is -0.103. The summed E-state index contributed by atoms with van der Waals surface area (Å²) in [5.74, 6) is 3.96. The number of carbonyl (C=O) groups excluding carboxylic acids is 3. The highest BCUT2D eigenvalue weighted by Gasteiger charge is 2.26. The van der Waals surface area contributed by atoms with E-state index < -0.39 is 11.8 Å². The van der Waals surface area contributed by atoms with Gasteiger partial charge >= 0.3 is 0 Å². The molecule has 1 aromatic rings. The number of rotatable bonds is 0. The molecule has 0 saturated heterocycles. The highest BCUT2D eigenvalue weighted by molar-refractivity contribution is 6.21. The zero-order valence-corrected chi connectivity index (χ0v) is 7.53. The van der Waals surface area contributed by atoms with Crippen molar-refractivity contribution in [2.75, 3.05) is 0 Å². The molecule has 15 heavy (non-hydrogen) atoms. The molecule has 0 unspecified atom stereocenters. The van der Waals surface area contributed by atoms with Gasteiger partial charge in [-0.2, -0.15) is 0 Å². The van der Waals surface area contributed by atoms with Crippen molar-refractivity contribution in [3.8, 4) is 11.8 Å². The summed E-state index contributed by atoms with van der Waals surface area (Å²) in [7, 11) is 0. The maximum atomic E-state index is 11.3. The average Bonchev–Trinajstić information content (AvgIpc) is 2.52. The van der Waals surface area contributed by atoms with Gasteiger partial charge in [-0.25, -0.2) is 0 Å². The summed E-state index contributed by atoms with van der Waals surface area (Å²) in [6.07, 6.45) is 0.471. The minimum Gasteiger partial charge on any atom is -0.289 e. The molecule has 1 N–H and O–H groups in total. The lowest BCUT2D eigenvalue weighted by atomic mass is 10.1. The smallest absolute Gasteiger partial charge is 0.258 e. The van der Waals surface area contributed by atoms with Gasteiger partial charge < -0.3 is 0 Å². The summed E-state index contributed by atoms with van der Waals surface area (Å²) in [5.41, 5.74) is 1.18. The molecule has 1 heterocycles. The van der Waals surface area contributed by atoms with Crippen molar-refractivity contribution >= 4 is 18.1 Å². The number of nitrogens with one attached hydrogen (secondary N) is 1. The van der Waals surface area contributed by atoms with Crippen LogP contribution in [0.3, 0.4) is 0 Å². The molecule has 0 bridgehead atoms. The summed E-state index contributed by atoms with van der Waals surface area (Å²) >= 11 is 0. The molecule has 4 nitrogen and oxygen atoms in total. The maximum Gasteiger partial charge on any atom is 0.258 e. The van der Waals surface area contributed by atoms with E-state index in [-0.39, 0.29) is 0 Å². The van der Waals surface area contributed by atoms with Gasteiger partial charge in [-0.1, -0.05) is 5.92 Å². The summed E-state index contributed by atoms with van der Waals surface area (Å²) < 4.78 is 0. The summed E-state index contributed by atoms with van der Waals surface area (Å²) in [6.45, 7) is 0. The number of fused-ring (bicyclic) bond motifs is 1. The van der Waals surface area contributed by atoms with E-state index in [4.69, 9.17) is 0 Å². The Morgan fingerprint density at radius 1 is 1.13 bits per heavy atom. The van der Waals surface area contributed by atoms with Crippen molar-refractivity contribution < 1.29 is 14.4 Å². The molecule has 4 heteroatoms. The van der Waals surface area contributed by atoms with E-state index in [9.17, 15) is 14.4 Å². The topological polar surface area (TPSA) is 63.2 Å².